The zero-order valence-electron chi connectivity index (χ0n) is 12.6. The van der Waals surface area contributed by atoms with Crippen molar-refractivity contribution in [2.24, 2.45) is 0 Å². The molecule has 128 valence electrons. The average molecular weight is 348 g/mol. The molecule has 1 aromatic heterocycles. The van der Waals surface area contributed by atoms with Crippen molar-refractivity contribution in [3.63, 3.8) is 0 Å². The van der Waals surface area contributed by atoms with Crippen molar-refractivity contribution in [2.45, 2.75) is 37.6 Å². The maximum Gasteiger partial charge on any atom is 0.417 e. The highest BCUT2D eigenvalue weighted by atomic mass is 32.1. The predicted octanol–water partition coefficient (Wildman–Crippen LogP) is 2.02. The third-order valence-corrected chi connectivity index (χ3v) is 5.75. The Balaban J connectivity index is 1.52. The van der Waals surface area contributed by atoms with Crippen molar-refractivity contribution in [1.82, 2.24) is 9.80 Å². The molecule has 2 aliphatic heterocycles. The first-order valence-electron chi connectivity index (χ1n) is 7.63. The van der Waals surface area contributed by atoms with Crippen LogP contribution in [0, 0.1) is 0 Å². The first kappa shape index (κ1) is 16.7. The van der Waals surface area contributed by atoms with Gasteiger partial charge >= 0.3 is 6.18 Å². The molecule has 23 heavy (non-hydrogen) atoms. The van der Waals surface area contributed by atoms with Gasteiger partial charge in [-0.05, 0) is 36.3 Å². The zero-order chi connectivity index (χ0) is 16.7. The summed E-state index contributed by atoms with van der Waals surface area (Å²) in [5.41, 5.74) is -1.44. The number of piperidine rings is 1. The van der Waals surface area contributed by atoms with E-state index in [-0.39, 0.29) is 38.4 Å². The number of carbonyl (C=O) groups excluding carboxylic acids is 1. The maximum atomic E-state index is 12.8. The number of carbonyl (C=O) groups is 1. The van der Waals surface area contributed by atoms with Gasteiger partial charge in [0.25, 0.3) is 0 Å². The lowest BCUT2D eigenvalue weighted by molar-refractivity contribution is -0.272. The van der Waals surface area contributed by atoms with Gasteiger partial charge in [0, 0.05) is 31.1 Å². The van der Waals surface area contributed by atoms with Gasteiger partial charge in [-0.15, -0.1) is 11.3 Å². The summed E-state index contributed by atoms with van der Waals surface area (Å²) >= 11 is 1.69. The highest BCUT2D eigenvalue weighted by Gasteiger charge is 2.54. The largest absolute Gasteiger partial charge is 0.417 e. The van der Waals surface area contributed by atoms with E-state index >= 15 is 0 Å². The summed E-state index contributed by atoms with van der Waals surface area (Å²) in [6.45, 7) is 1.52. The van der Waals surface area contributed by atoms with Gasteiger partial charge in [0.15, 0.2) is 5.60 Å². The molecule has 0 atom stereocenters. The summed E-state index contributed by atoms with van der Waals surface area (Å²) in [5.74, 6) is -0.0562. The quantitative estimate of drug-likeness (QED) is 0.889. The first-order chi connectivity index (χ1) is 10.8. The lowest BCUT2D eigenvalue weighted by Crippen LogP contribution is -2.54. The highest BCUT2D eigenvalue weighted by Crippen LogP contribution is 2.38. The summed E-state index contributed by atoms with van der Waals surface area (Å²) < 4.78 is 38.3. The van der Waals surface area contributed by atoms with Gasteiger partial charge in [-0.1, -0.05) is 0 Å². The Bertz CT molecular complexity index is 580. The zero-order valence-corrected chi connectivity index (χ0v) is 13.4. The van der Waals surface area contributed by atoms with Crippen molar-refractivity contribution in [3.05, 3.63) is 21.9 Å². The molecule has 0 bridgehead atoms. The van der Waals surface area contributed by atoms with Crippen LogP contribution in [0.5, 0.6) is 0 Å². The van der Waals surface area contributed by atoms with Crippen LogP contribution in [0.3, 0.4) is 0 Å². The Hall–Kier alpha value is -1.12. The molecule has 4 nitrogen and oxygen atoms in total. The summed E-state index contributed by atoms with van der Waals surface area (Å²) in [4.78, 5) is 17.1. The van der Waals surface area contributed by atoms with E-state index in [2.05, 4.69) is 0 Å². The Labute approximate surface area is 136 Å². The number of likely N-dealkylation sites (tertiary alicyclic amines) is 1. The van der Waals surface area contributed by atoms with E-state index < -0.39 is 11.8 Å². The van der Waals surface area contributed by atoms with E-state index in [1.54, 1.807) is 21.1 Å². The summed E-state index contributed by atoms with van der Waals surface area (Å²) in [6, 6.07) is 2.02. The number of alkyl halides is 3. The third kappa shape index (κ3) is 3.39. The maximum absolute atomic E-state index is 12.8. The fraction of sp³-hybridized carbons (Fsp3) is 0.667. The summed E-state index contributed by atoms with van der Waals surface area (Å²) in [6.07, 6.45) is -4.52. The molecule has 0 aliphatic carbocycles. The number of hydrogen-bond acceptors (Lipinski definition) is 4. The molecule has 1 saturated heterocycles. The molecular weight excluding hydrogens is 329 g/mol. The molecule has 1 amide bonds. The summed E-state index contributed by atoms with van der Waals surface area (Å²) in [7, 11) is 0. The second kappa shape index (κ2) is 6.07. The number of halogens is 3. The second-order valence-corrected chi connectivity index (χ2v) is 7.24. The van der Waals surface area contributed by atoms with Crippen LogP contribution in [0.4, 0.5) is 13.2 Å². The van der Waals surface area contributed by atoms with Gasteiger partial charge in [0.05, 0.1) is 6.54 Å². The molecule has 1 aromatic rings. The average Bonchev–Trinajstić information content (AvgIpc) is 2.96. The first-order valence-corrected chi connectivity index (χ1v) is 8.51. The van der Waals surface area contributed by atoms with Gasteiger partial charge in [-0.2, -0.15) is 13.2 Å². The molecule has 1 fully saturated rings. The van der Waals surface area contributed by atoms with Gasteiger partial charge in [-0.3, -0.25) is 9.69 Å². The number of nitrogens with zero attached hydrogens (tertiary/aromatic N) is 2. The van der Waals surface area contributed by atoms with Crippen LogP contribution in [0.15, 0.2) is 11.4 Å². The smallest absolute Gasteiger partial charge is 0.380 e. The minimum Gasteiger partial charge on any atom is -0.380 e. The Morgan fingerprint density at radius 3 is 2.65 bits per heavy atom. The highest BCUT2D eigenvalue weighted by molar-refractivity contribution is 7.10. The van der Waals surface area contributed by atoms with Crippen LogP contribution >= 0.6 is 11.3 Å². The fourth-order valence-electron chi connectivity index (χ4n) is 3.12. The number of thiophene rings is 1. The van der Waals surface area contributed by atoms with Crippen LogP contribution in [0.25, 0.3) is 0 Å². The number of hydrogen-bond donors (Lipinski definition) is 1. The minimum absolute atomic E-state index is 0.0562. The number of amides is 1. The van der Waals surface area contributed by atoms with Crippen LogP contribution in [-0.2, 0) is 17.8 Å². The molecule has 2 aliphatic rings. The van der Waals surface area contributed by atoms with Crippen molar-refractivity contribution in [1.29, 1.82) is 0 Å². The van der Waals surface area contributed by atoms with E-state index in [1.165, 1.54) is 10.4 Å². The number of rotatable bonds is 2. The fourth-order valence-corrected chi connectivity index (χ4v) is 4.01. The second-order valence-electron chi connectivity index (χ2n) is 6.24. The lowest BCUT2D eigenvalue weighted by atomic mass is 9.91. The minimum atomic E-state index is -4.61. The van der Waals surface area contributed by atoms with Crippen molar-refractivity contribution < 1.29 is 23.1 Å². The number of aliphatic hydroxyl groups is 1. The normalized spacial score (nSPS) is 22.0. The SMILES string of the molecule is O=C(CN1CCC(O)(C(F)(F)F)CC1)N1CCc2sccc2C1. The van der Waals surface area contributed by atoms with Crippen LogP contribution < -0.4 is 0 Å². The molecule has 3 heterocycles. The molecule has 0 spiro atoms. The van der Waals surface area contributed by atoms with Crippen molar-refractivity contribution in [3.8, 4) is 0 Å². The van der Waals surface area contributed by atoms with Crippen molar-refractivity contribution in [2.75, 3.05) is 26.2 Å². The van der Waals surface area contributed by atoms with E-state index in [4.69, 9.17) is 0 Å². The molecule has 0 aromatic carbocycles. The monoisotopic (exact) mass is 348 g/mol. The number of fused-ring (bicyclic) bond motifs is 1. The third-order valence-electron chi connectivity index (χ3n) is 4.73. The Morgan fingerprint density at radius 2 is 2.00 bits per heavy atom. The summed E-state index contributed by atoms with van der Waals surface area (Å²) in [5, 5.41) is 11.7. The lowest BCUT2D eigenvalue weighted by Gasteiger charge is -2.39. The van der Waals surface area contributed by atoms with E-state index in [0.717, 1.165) is 6.42 Å². The molecule has 0 unspecified atom stereocenters. The van der Waals surface area contributed by atoms with Gasteiger partial charge in [-0.25, -0.2) is 0 Å². The molecule has 8 heteroatoms. The molecule has 1 N–H and O–H groups in total. The van der Waals surface area contributed by atoms with Gasteiger partial charge in [0.1, 0.15) is 0 Å². The standard InChI is InChI=1S/C15H19F3N2O2S/c16-15(17,18)14(22)3-6-19(7-4-14)10-13(21)20-5-1-12-11(9-20)2-8-23-12/h2,8,22H,1,3-7,9-10H2. The predicted molar refractivity (Wildman–Crippen MR) is 80.1 cm³/mol. The van der Waals surface area contributed by atoms with Crippen LogP contribution in [0.2, 0.25) is 0 Å². The molecular formula is C15H19F3N2O2S. The van der Waals surface area contributed by atoms with E-state index in [0.29, 0.717) is 13.1 Å². The van der Waals surface area contributed by atoms with Crippen molar-refractivity contribution >= 4 is 17.2 Å². The topological polar surface area (TPSA) is 43.8 Å². The molecule has 3 rings (SSSR count). The molecule has 0 saturated carbocycles. The van der Waals surface area contributed by atoms with Crippen LogP contribution in [-0.4, -0.2) is 58.8 Å². The van der Waals surface area contributed by atoms with Crippen LogP contribution in [0.1, 0.15) is 23.3 Å². The Morgan fingerprint density at radius 1 is 1.30 bits per heavy atom. The van der Waals surface area contributed by atoms with Gasteiger partial charge in [0.2, 0.25) is 5.91 Å². The van der Waals surface area contributed by atoms with E-state index in [1.807, 2.05) is 11.4 Å². The Kier molecular flexibility index (Phi) is 4.41. The van der Waals surface area contributed by atoms with Gasteiger partial charge < -0.3 is 10.0 Å². The van der Waals surface area contributed by atoms with E-state index in [9.17, 15) is 23.1 Å². The molecule has 0 radical (unpaired) electrons.